The van der Waals surface area contributed by atoms with Gasteiger partial charge < -0.3 is 10.6 Å². The van der Waals surface area contributed by atoms with E-state index in [1.165, 1.54) is 0 Å². The van der Waals surface area contributed by atoms with Crippen LogP contribution >= 0.6 is 0 Å². The van der Waals surface area contributed by atoms with Crippen LogP contribution in [-0.4, -0.2) is 48.0 Å². The Morgan fingerprint density at radius 1 is 1.32 bits per heavy atom. The summed E-state index contributed by atoms with van der Waals surface area (Å²) in [5.41, 5.74) is 0.563. The highest BCUT2D eigenvalue weighted by molar-refractivity contribution is 5.94. The molecule has 5 heteroatoms. The first-order valence-corrected chi connectivity index (χ1v) is 7.68. The van der Waals surface area contributed by atoms with E-state index in [9.17, 15) is 4.79 Å². The highest BCUT2D eigenvalue weighted by Gasteiger charge is 2.18. The molecule has 2 N–H and O–H groups in total. The monoisotopic (exact) mass is 300 g/mol. The third kappa shape index (κ3) is 4.70. The van der Waals surface area contributed by atoms with Gasteiger partial charge in [-0.15, -0.1) is 13.2 Å². The Hall–Kier alpha value is -2.14. The second kappa shape index (κ2) is 8.34. The van der Waals surface area contributed by atoms with Crippen molar-refractivity contribution < 1.29 is 4.79 Å². The number of amides is 1. The van der Waals surface area contributed by atoms with Crippen LogP contribution in [0.1, 0.15) is 23.2 Å². The molecule has 22 heavy (non-hydrogen) atoms. The van der Waals surface area contributed by atoms with E-state index in [1.807, 2.05) is 12.1 Å². The van der Waals surface area contributed by atoms with Crippen molar-refractivity contribution in [2.24, 2.45) is 0 Å². The predicted octanol–water partition coefficient (Wildman–Crippen LogP) is 2.06. The lowest BCUT2D eigenvalue weighted by molar-refractivity contribution is 0.0957. The van der Waals surface area contributed by atoms with Crippen LogP contribution in [0.5, 0.6) is 0 Å². The molecular weight excluding hydrogens is 276 g/mol. The Kier molecular flexibility index (Phi) is 6.15. The molecule has 1 aromatic heterocycles. The van der Waals surface area contributed by atoms with Crippen molar-refractivity contribution in [2.45, 2.75) is 18.9 Å². The number of hydrogen-bond acceptors (Lipinski definition) is 4. The zero-order chi connectivity index (χ0) is 15.8. The molecule has 1 fully saturated rings. The molecule has 0 aromatic carbocycles. The minimum absolute atomic E-state index is 0.128. The summed E-state index contributed by atoms with van der Waals surface area (Å²) in [6, 6.07) is 4.09. The van der Waals surface area contributed by atoms with Gasteiger partial charge in [0.15, 0.2) is 0 Å². The number of nitrogens with zero attached hydrogens (tertiary/aromatic N) is 2. The van der Waals surface area contributed by atoms with Crippen molar-refractivity contribution >= 4 is 11.7 Å². The minimum atomic E-state index is -0.128. The van der Waals surface area contributed by atoms with Crippen LogP contribution in [-0.2, 0) is 0 Å². The largest absolute Gasteiger partial charge is 0.367 e. The Morgan fingerprint density at radius 3 is 2.68 bits per heavy atom. The van der Waals surface area contributed by atoms with Gasteiger partial charge in [0, 0.05) is 38.4 Å². The zero-order valence-corrected chi connectivity index (χ0v) is 12.9. The number of piperidine rings is 1. The highest BCUT2D eigenvalue weighted by Crippen LogP contribution is 2.15. The molecule has 0 atom stereocenters. The molecular formula is C17H24N4O. The molecule has 0 saturated carbocycles. The van der Waals surface area contributed by atoms with Gasteiger partial charge in [0.25, 0.3) is 5.91 Å². The van der Waals surface area contributed by atoms with E-state index in [1.54, 1.807) is 18.3 Å². The molecule has 1 aliphatic rings. The van der Waals surface area contributed by atoms with Gasteiger partial charge in [-0.2, -0.15) is 0 Å². The number of hydrogen-bond donors (Lipinski definition) is 2. The Labute approximate surface area is 132 Å². The predicted molar refractivity (Wildman–Crippen MR) is 90.0 cm³/mol. The number of rotatable bonds is 7. The van der Waals surface area contributed by atoms with Gasteiger partial charge in [0.1, 0.15) is 5.82 Å². The van der Waals surface area contributed by atoms with Crippen LogP contribution in [0.25, 0.3) is 0 Å². The normalized spacial score (nSPS) is 16.0. The van der Waals surface area contributed by atoms with E-state index in [0.717, 1.165) is 38.3 Å². The number of aromatic nitrogens is 1. The second-order valence-corrected chi connectivity index (χ2v) is 5.44. The van der Waals surface area contributed by atoms with Crippen molar-refractivity contribution in [3.63, 3.8) is 0 Å². The van der Waals surface area contributed by atoms with E-state index < -0.39 is 0 Å². The topological polar surface area (TPSA) is 57.3 Å². The van der Waals surface area contributed by atoms with Crippen LogP contribution < -0.4 is 10.6 Å². The Balaban J connectivity index is 1.83. The van der Waals surface area contributed by atoms with Crippen LogP contribution in [0.4, 0.5) is 5.82 Å². The average molecular weight is 300 g/mol. The number of likely N-dealkylation sites (tertiary alicyclic amines) is 1. The van der Waals surface area contributed by atoms with Crippen LogP contribution in [0, 0.1) is 0 Å². The summed E-state index contributed by atoms with van der Waals surface area (Å²) in [6.45, 7) is 10.9. The van der Waals surface area contributed by atoms with Gasteiger partial charge in [-0.3, -0.25) is 9.69 Å². The first kappa shape index (κ1) is 16.2. The molecule has 0 radical (unpaired) electrons. The van der Waals surface area contributed by atoms with Crippen molar-refractivity contribution in [2.75, 3.05) is 31.5 Å². The number of pyridine rings is 1. The minimum Gasteiger partial charge on any atom is -0.367 e. The van der Waals surface area contributed by atoms with Gasteiger partial charge in [-0.05, 0) is 25.0 Å². The number of carbonyl (C=O) groups is 1. The summed E-state index contributed by atoms with van der Waals surface area (Å²) < 4.78 is 0. The fraction of sp³-hybridized carbons (Fsp3) is 0.412. The van der Waals surface area contributed by atoms with Crippen LogP contribution in [0.2, 0.25) is 0 Å². The molecule has 1 aliphatic heterocycles. The van der Waals surface area contributed by atoms with Gasteiger partial charge in [0.2, 0.25) is 0 Å². The van der Waals surface area contributed by atoms with Gasteiger partial charge in [0.05, 0.1) is 5.56 Å². The lowest BCUT2D eigenvalue weighted by Gasteiger charge is -2.31. The molecule has 0 bridgehead atoms. The Bertz CT molecular complexity index is 504. The quantitative estimate of drug-likeness (QED) is 0.757. The second-order valence-electron chi connectivity index (χ2n) is 5.44. The molecule has 1 aromatic rings. The fourth-order valence-electron chi connectivity index (χ4n) is 2.53. The third-order valence-electron chi connectivity index (χ3n) is 3.76. The van der Waals surface area contributed by atoms with Crippen LogP contribution in [0.3, 0.4) is 0 Å². The van der Waals surface area contributed by atoms with Crippen LogP contribution in [0.15, 0.2) is 43.6 Å². The van der Waals surface area contributed by atoms with E-state index in [-0.39, 0.29) is 5.91 Å². The van der Waals surface area contributed by atoms with E-state index in [0.29, 0.717) is 18.2 Å². The summed E-state index contributed by atoms with van der Waals surface area (Å²) in [7, 11) is 0. The summed E-state index contributed by atoms with van der Waals surface area (Å²) in [4.78, 5) is 18.5. The molecule has 0 unspecified atom stereocenters. The molecule has 118 valence electrons. The van der Waals surface area contributed by atoms with Crippen molar-refractivity contribution in [3.05, 3.63) is 49.2 Å². The summed E-state index contributed by atoms with van der Waals surface area (Å²) in [5.74, 6) is 0.694. The highest BCUT2D eigenvalue weighted by atomic mass is 16.1. The maximum absolute atomic E-state index is 11.8. The lowest BCUT2D eigenvalue weighted by atomic mass is 10.1. The van der Waals surface area contributed by atoms with Crippen molar-refractivity contribution in [3.8, 4) is 0 Å². The van der Waals surface area contributed by atoms with Crippen molar-refractivity contribution in [1.29, 1.82) is 0 Å². The number of nitrogens with one attached hydrogen (secondary N) is 2. The van der Waals surface area contributed by atoms with Gasteiger partial charge in [-0.25, -0.2) is 4.98 Å². The zero-order valence-electron chi connectivity index (χ0n) is 12.9. The standard InChI is InChI=1S/C17H24N4O/c1-3-9-18-17(22)14-5-6-16(19-13-14)20-15-7-11-21(10-4-2)12-8-15/h3-6,13,15H,1-2,7-12H2,(H,18,22)(H,19,20). The average Bonchev–Trinajstić information content (AvgIpc) is 2.55. The molecule has 2 rings (SSSR count). The van der Waals surface area contributed by atoms with Gasteiger partial charge in [-0.1, -0.05) is 12.2 Å². The first-order valence-electron chi connectivity index (χ1n) is 7.68. The van der Waals surface area contributed by atoms with E-state index in [4.69, 9.17) is 0 Å². The third-order valence-corrected chi connectivity index (χ3v) is 3.76. The van der Waals surface area contributed by atoms with E-state index >= 15 is 0 Å². The molecule has 5 nitrogen and oxygen atoms in total. The molecule has 2 heterocycles. The number of anilines is 1. The van der Waals surface area contributed by atoms with E-state index in [2.05, 4.69) is 33.7 Å². The summed E-state index contributed by atoms with van der Waals surface area (Å²) in [6.07, 6.45) is 7.40. The molecule has 0 spiro atoms. The maximum atomic E-state index is 11.8. The summed E-state index contributed by atoms with van der Waals surface area (Å²) >= 11 is 0. The Morgan fingerprint density at radius 2 is 2.09 bits per heavy atom. The lowest BCUT2D eigenvalue weighted by Crippen LogP contribution is -2.39. The molecule has 0 aliphatic carbocycles. The first-order chi connectivity index (χ1) is 10.7. The summed E-state index contributed by atoms with van der Waals surface area (Å²) in [5, 5.41) is 6.18. The SMILES string of the molecule is C=CCNC(=O)c1ccc(NC2CCN(CC=C)CC2)nc1. The fourth-order valence-corrected chi connectivity index (χ4v) is 2.53. The number of carbonyl (C=O) groups excluding carboxylic acids is 1. The van der Waals surface area contributed by atoms with Crippen molar-refractivity contribution in [1.82, 2.24) is 15.2 Å². The smallest absolute Gasteiger partial charge is 0.253 e. The maximum Gasteiger partial charge on any atom is 0.253 e. The molecule has 1 saturated heterocycles. The van der Waals surface area contributed by atoms with Gasteiger partial charge >= 0.3 is 0 Å². The molecule has 1 amide bonds.